The molecular formula is C18H19N6O8S2+. The van der Waals surface area contributed by atoms with Gasteiger partial charge in [-0.05, 0) is 40.3 Å². The van der Waals surface area contributed by atoms with Crippen molar-refractivity contribution in [1.29, 1.82) is 0 Å². The van der Waals surface area contributed by atoms with Crippen LogP contribution in [0.4, 0.5) is 17.6 Å². The van der Waals surface area contributed by atoms with E-state index in [-0.39, 0.29) is 34.0 Å². The first kappa shape index (κ1) is 24.9. The van der Waals surface area contributed by atoms with Gasteiger partial charge in [0.05, 0.1) is 42.8 Å². The van der Waals surface area contributed by atoms with Crippen LogP contribution in [-0.2, 0) is 28.6 Å². The van der Waals surface area contributed by atoms with E-state index in [0.717, 1.165) is 32.4 Å². The first-order valence-electron chi connectivity index (χ1n) is 9.22. The topological polar surface area (TPSA) is 191 Å². The smallest absolute Gasteiger partial charge is 0.444 e. The van der Waals surface area contributed by atoms with Crippen LogP contribution in [0.25, 0.3) is 5.95 Å². The van der Waals surface area contributed by atoms with E-state index in [4.69, 9.17) is 0 Å². The second-order valence-electron chi connectivity index (χ2n) is 6.36. The van der Waals surface area contributed by atoms with Crippen LogP contribution in [-0.4, -0.2) is 64.1 Å². The van der Waals surface area contributed by atoms with Gasteiger partial charge in [0, 0.05) is 7.05 Å². The standard InChI is InChI=1S/C18H18N6O8S2/c1-19-16-21-17(23-18(22-16)24-8-4-5-11(10-24)15(25)26)20-13-9-12(33(27,28)31-2)6-7-14(13)34(29,30)32-3/h4-10H,1-3H3,(H2-,19,20,21,22,23,25,26)/p+1. The molecule has 0 atom stereocenters. The molecule has 0 radical (unpaired) electrons. The van der Waals surface area contributed by atoms with Crippen molar-refractivity contribution in [3.05, 3.63) is 48.3 Å². The fraction of sp³-hybridized carbons (Fsp3) is 0.167. The normalized spacial score (nSPS) is 11.7. The summed E-state index contributed by atoms with van der Waals surface area (Å²) in [6, 6.07) is 5.94. The molecule has 0 aliphatic heterocycles. The minimum Gasteiger partial charge on any atom is -0.478 e. The lowest BCUT2D eigenvalue weighted by atomic mass is 10.3. The molecule has 180 valence electrons. The molecule has 0 unspecified atom stereocenters. The highest BCUT2D eigenvalue weighted by Gasteiger charge is 2.25. The SMILES string of the molecule is CNc1nc(Nc2cc(S(=O)(=O)OC)ccc2S(=O)(=O)OC)nc(-[n+]2cccc(C(=O)O)c2)n1. The van der Waals surface area contributed by atoms with Gasteiger partial charge < -0.3 is 15.7 Å². The Morgan fingerprint density at radius 2 is 1.68 bits per heavy atom. The van der Waals surface area contributed by atoms with Crippen molar-refractivity contribution in [3.63, 3.8) is 0 Å². The van der Waals surface area contributed by atoms with E-state index in [0.29, 0.717) is 0 Å². The fourth-order valence-electron chi connectivity index (χ4n) is 2.66. The van der Waals surface area contributed by atoms with Crippen molar-refractivity contribution in [2.45, 2.75) is 9.79 Å². The molecule has 14 nitrogen and oxygen atoms in total. The quantitative estimate of drug-likeness (QED) is 0.263. The molecule has 0 bridgehead atoms. The number of carboxylic acids is 1. The van der Waals surface area contributed by atoms with Crippen LogP contribution in [0.1, 0.15) is 10.4 Å². The van der Waals surface area contributed by atoms with Crippen LogP contribution in [0.2, 0.25) is 0 Å². The summed E-state index contributed by atoms with van der Waals surface area (Å²) < 4.78 is 59.4. The van der Waals surface area contributed by atoms with Crippen molar-refractivity contribution in [1.82, 2.24) is 15.0 Å². The maximum atomic E-state index is 12.4. The molecule has 0 fully saturated rings. The van der Waals surface area contributed by atoms with Crippen LogP contribution in [0, 0.1) is 0 Å². The lowest BCUT2D eigenvalue weighted by Gasteiger charge is -2.11. The summed E-state index contributed by atoms with van der Waals surface area (Å²) in [6.45, 7) is 0. The van der Waals surface area contributed by atoms with E-state index >= 15 is 0 Å². The lowest BCUT2D eigenvalue weighted by Crippen LogP contribution is -2.34. The Labute approximate surface area is 194 Å². The van der Waals surface area contributed by atoms with Gasteiger partial charge in [-0.25, -0.2) is 9.36 Å². The zero-order valence-electron chi connectivity index (χ0n) is 18.0. The molecule has 0 amide bonds. The van der Waals surface area contributed by atoms with Crippen LogP contribution < -0.4 is 15.2 Å². The number of rotatable bonds is 9. The highest BCUT2D eigenvalue weighted by atomic mass is 32.2. The number of carbonyl (C=O) groups is 1. The Kier molecular flexibility index (Phi) is 7.06. The minimum absolute atomic E-state index is 0.0123. The maximum absolute atomic E-state index is 12.4. The van der Waals surface area contributed by atoms with Crippen molar-refractivity contribution in [2.75, 3.05) is 31.9 Å². The van der Waals surface area contributed by atoms with Gasteiger partial charge in [0.25, 0.3) is 20.2 Å². The van der Waals surface area contributed by atoms with E-state index in [9.17, 15) is 26.7 Å². The summed E-state index contributed by atoms with van der Waals surface area (Å²) in [6.07, 6.45) is 2.77. The predicted octanol–water partition coefficient (Wildman–Crippen LogP) is 0.302. The molecule has 2 heterocycles. The molecule has 3 aromatic rings. The van der Waals surface area contributed by atoms with Crippen molar-refractivity contribution in [3.8, 4) is 5.95 Å². The third-order valence-electron chi connectivity index (χ3n) is 4.32. The van der Waals surface area contributed by atoms with Crippen LogP contribution in [0.15, 0.2) is 52.5 Å². The molecule has 16 heteroatoms. The molecule has 0 saturated carbocycles. The summed E-state index contributed by atoms with van der Waals surface area (Å²) in [5.41, 5.74) is -0.252. The Morgan fingerprint density at radius 3 is 2.29 bits per heavy atom. The molecule has 0 aliphatic rings. The van der Waals surface area contributed by atoms with E-state index in [1.165, 1.54) is 36.1 Å². The van der Waals surface area contributed by atoms with E-state index in [1.807, 2.05) is 0 Å². The molecule has 0 spiro atoms. The number of pyridine rings is 1. The molecule has 0 aliphatic carbocycles. The van der Waals surface area contributed by atoms with Gasteiger partial charge in [-0.2, -0.15) is 16.8 Å². The Hall–Kier alpha value is -3.73. The first-order chi connectivity index (χ1) is 16.0. The number of hydrogen-bond acceptors (Lipinski definition) is 12. The Balaban J connectivity index is 2.16. The van der Waals surface area contributed by atoms with Gasteiger partial charge in [-0.15, -0.1) is 4.98 Å². The van der Waals surface area contributed by atoms with Crippen LogP contribution in [0.5, 0.6) is 0 Å². The second-order valence-corrected chi connectivity index (χ2v) is 9.76. The molecule has 2 aromatic heterocycles. The van der Waals surface area contributed by atoms with Crippen molar-refractivity contribution < 1.29 is 39.7 Å². The molecule has 3 rings (SSSR count). The molecular weight excluding hydrogens is 492 g/mol. The Bertz CT molecular complexity index is 1460. The highest BCUT2D eigenvalue weighted by Crippen LogP contribution is 2.29. The van der Waals surface area contributed by atoms with E-state index in [1.54, 1.807) is 0 Å². The van der Waals surface area contributed by atoms with Gasteiger partial charge in [0.1, 0.15) is 4.90 Å². The van der Waals surface area contributed by atoms with Crippen molar-refractivity contribution >= 4 is 43.8 Å². The van der Waals surface area contributed by atoms with E-state index in [2.05, 4.69) is 34.0 Å². The third kappa shape index (κ3) is 5.25. The number of aromatic nitrogens is 4. The Morgan fingerprint density at radius 1 is 1.00 bits per heavy atom. The average Bonchev–Trinajstić information content (AvgIpc) is 2.83. The van der Waals surface area contributed by atoms with Gasteiger partial charge >= 0.3 is 23.8 Å². The zero-order valence-corrected chi connectivity index (χ0v) is 19.6. The highest BCUT2D eigenvalue weighted by molar-refractivity contribution is 7.87. The number of hydrogen-bond donors (Lipinski definition) is 3. The average molecular weight is 512 g/mol. The number of nitrogens with zero attached hydrogens (tertiary/aromatic N) is 4. The summed E-state index contributed by atoms with van der Waals surface area (Å²) in [5.74, 6) is -1.30. The summed E-state index contributed by atoms with van der Waals surface area (Å²) >= 11 is 0. The number of aromatic carboxylic acids is 1. The van der Waals surface area contributed by atoms with Gasteiger partial charge in [-0.1, -0.05) is 0 Å². The molecule has 1 aromatic carbocycles. The fourth-order valence-corrected chi connectivity index (χ4v) is 4.14. The molecule has 0 saturated heterocycles. The number of nitrogens with one attached hydrogen (secondary N) is 2. The van der Waals surface area contributed by atoms with Crippen molar-refractivity contribution in [2.24, 2.45) is 0 Å². The summed E-state index contributed by atoms with van der Waals surface area (Å²) in [7, 11) is -4.99. The van der Waals surface area contributed by atoms with Crippen LogP contribution >= 0.6 is 0 Å². The molecule has 3 N–H and O–H groups in total. The van der Waals surface area contributed by atoms with E-state index < -0.39 is 31.1 Å². The summed E-state index contributed by atoms with van der Waals surface area (Å²) in [4.78, 5) is 23.0. The molecule has 34 heavy (non-hydrogen) atoms. The number of carboxylic acid groups (broad SMARTS) is 1. The number of anilines is 3. The maximum Gasteiger partial charge on any atom is 0.444 e. The van der Waals surface area contributed by atoms with Crippen LogP contribution in [0.3, 0.4) is 0 Å². The number of benzene rings is 1. The minimum atomic E-state index is -4.27. The second kappa shape index (κ2) is 9.64. The van der Waals surface area contributed by atoms with Gasteiger partial charge in [0.2, 0.25) is 0 Å². The zero-order chi connectivity index (χ0) is 25.1. The first-order valence-corrected chi connectivity index (χ1v) is 12.0. The largest absolute Gasteiger partial charge is 0.478 e. The summed E-state index contributed by atoms with van der Waals surface area (Å²) in [5, 5.41) is 14.6. The van der Waals surface area contributed by atoms with Gasteiger partial charge in [0.15, 0.2) is 0 Å². The van der Waals surface area contributed by atoms with Gasteiger partial charge in [-0.3, -0.25) is 8.37 Å². The monoisotopic (exact) mass is 511 g/mol. The predicted molar refractivity (Wildman–Crippen MR) is 116 cm³/mol. The lowest BCUT2D eigenvalue weighted by molar-refractivity contribution is -0.603. The third-order valence-corrected chi connectivity index (χ3v) is 6.92.